The molecular weight excluding hydrogens is 338 g/mol. The monoisotopic (exact) mass is 359 g/mol. The van der Waals surface area contributed by atoms with Crippen molar-refractivity contribution in [3.8, 4) is 0 Å². The number of nitrogens with zero attached hydrogens (tertiary/aromatic N) is 1. The van der Waals surface area contributed by atoms with E-state index in [1.54, 1.807) is 24.3 Å². The zero-order chi connectivity index (χ0) is 18.4. The molecule has 0 N–H and O–H groups in total. The predicted octanol–water partition coefficient (Wildman–Crippen LogP) is 3.42. The van der Waals surface area contributed by atoms with Gasteiger partial charge in [-0.1, -0.05) is 24.6 Å². The zero-order valence-electron chi connectivity index (χ0n) is 14.4. The van der Waals surface area contributed by atoms with Gasteiger partial charge in [-0.05, 0) is 31.5 Å². The second-order valence-corrected chi connectivity index (χ2v) is 8.05. The molecule has 0 amide bonds. The van der Waals surface area contributed by atoms with Crippen LogP contribution in [0.15, 0.2) is 47.6 Å². The van der Waals surface area contributed by atoms with Gasteiger partial charge in [-0.2, -0.15) is 0 Å². The van der Waals surface area contributed by atoms with Crippen molar-refractivity contribution in [2.24, 2.45) is 0 Å². The summed E-state index contributed by atoms with van der Waals surface area (Å²) in [4.78, 5) is 28.3. The molecule has 5 nitrogen and oxygen atoms in total. The van der Waals surface area contributed by atoms with E-state index in [0.717, 1.165) is 5.56 Å². The number of aromatic nitrogens is 1. The Balaban J connectivity index is 2.08. The third-order valence-corrected chi connectivity index (χ3v) is 5.57. The number of carbonyl (C=O) groups is 2. The largest absolute Gasteiger partial charge is 0.294 e. The fourth-order valence-corrected chi connectivity index (χ4v) is 3.59. The summed E-state index contributed by atoms with van der Waals surface area (Å²) < 4.78 is 24.6. The van der Waals surface area contributed by atoms with Gasteiger partial charge in [0.05, 0.1) is 10.6 Å². The van der Waals surface area contributed by atoms with Crippen LogP contribution in [0.25, 0.3) is 0 Å². The molecule has 2 rings (SSSR count). The Morgan fingerprint density at radius 1 is 0.960 bits per heavy atom. The first-order valence-electron chi connectivity index (χ1n) is 8.14. The first-order chi connectivity index (χ1) is 11.8. The lowest BCUT2D eigenvalue weighted by Crippen LogP contribution is -2.12. The van der Waals surface area contributed by atoms with Gasteiger partial charge in [0.2, 0.25) is 0 Å². The fraction of sp³-hybridized carbons (Fsp3) is 0.316. The second kappa shape index (κ2) is 8.16. The highest BCUT2D eigenvalue weighted by atomic mass is 32.2. The quantitative estimate of drug-likeness (QED) is 0.675. The molecule has 0 bridgehead atoms. The molecule has 1 heterocycles. The summed E-state index contributed by atoms with van der Waals surface area (Å²) in [7, 11) is -3.52. The van der Waals surface area contributed by atoms with Crippen molar-refractivity contribution in [3.63, 3.8) is 0 Å². The summed E-state index contributed by atoms with van der Waals surface area (Å²) in [6.07, 6.45) is 3.75. The molecule has 0 atom stereocenters. The van der Waals surface area contributed by atoms with Crippen molar-refractivity contribution in [3.05, 3.63) is 59.4 Å². The Kier molecular flexibility index (Phi) is 6.20. The molecule has 0 saturated carbocycles. The van der Waals surface area contributed by atoms with E-state index in [-0.39, 0.29) is 34.2 Å². The van der Waals surface area contributed by atoms with Gasteiger partial charge in [0.15, 0.2) is 21.4 Å². The molecule has 132 valence electrons. The highest BCUT2D eigenvalue weighted by Crippen LogP contribution is 2.15. The van der Waals surface area contributed by atoms with Crippen LogP contribution < -0.4 is 0 Å². The van der Waals surface area contributed by atoms with Crippen LogP contribution in [0.1, 0.15) is 52.5 Å². The minimum absolute atomic E-state index is 0.0723. The Morgan fingerprint density at radius 2 is 1.52 bits per heavy atom. The number of carbonyl (C=O) groups excluding carboxylic acids is 2. The number of hydrogen-bond acceptors (Lipinski definition) is 5. The molecule has 25 heavy (non-hydrogen) atoms. The van der Waals surface area contributed by atoms with Crippen LogP contribution in [0.4, 0.5) is 0 Å². The maximum absolute atomic E-state index is 12.3. The summed E-state index contributed by atoms with van der Waals surface area (Å²) in [6, 6.07) is 8.02. The average Bonchev–Trinajstić information content (AvgIpc) is 2.60. The minimum Gasteiger partial charge on any atom is -0.294 e. The Bertz CT molecular complexity index is 871. The van der Waals surface area contributed by atoms with E-state index in [1.165, 1.54) is 18.5 Å². The Hall–Kier alpha value is -2.34. The molecule has 0 aliphatic rings. The molecule has 0 radical (unpaired) electrons. The van der Waals surface area contributed by atoms with Crippen LogP contribution in [0.2, 0.25) is 0 Å². The number of aryl methyl sites for hydroxylation is 1. The Morgan fingerprint density at radius 3 is 2.08 bits per heavy atom. The lowest BCUT2D eigenvalue weighted by atomic mass is 10.0. The zero-order valence-corrected chi connectivity index (χ0v) is 15.2. The highest BCUT2D eigenvalue weighted by molar-refractivity contribution is 7.91. The second-order valence-electron chi connectivity index (χ2n) is 5.94. The molecule has 2 aromatic rings. The maximum atomic E-state index is 12.3. The van der Waals surface area contributed by atoms with Crippen LogP contribution in [-0.4, -0.2) is 30.7 Å². The maximum Gasteiger partial charge on any atom is 0.178 e. The first-order valence-corrected chi connectivity index (χ1v) is 9.79. The highest BCUT2D eigenvalue weighted by Gasteiger charge is 2.18. The molecule has 0 aliphatic heterocycles. The van der Waals surface area contributed by atoms with Crippen molar-refractivity contribution in [1.82, 2.24) is 4.98 Å². The number of benzene rings is 1. The van der Waals surface area contributed by atoms with Gasteiger partial charge in [0.25, 0.3) is 0 Å². The van der Waals surface area contributed by atoms with Crippen LogP contribution in [0.3, 0.4) is 0 Å². The lowest BCUT2D eigenvalue weighted by Gasteiger charge is -2.06. The van der Waals surface area contributed by atoms with Gasteiger partial charge < -0.3 is 0 Å². The van der Waals surface area contributed by atoms with Crippen molar-refractivity contribution in [2.75, 3.05) is 5.75 Å². The van der Waals surface area contributed by atoms with Gasteiger partial charge in [0.1, 0.15) is 0 Å². The van der Waals surface area contributed by atoms with Gasteiger partial charge in [0, 0.05) is 36.4 Å². The number of rotatable bonds is 8. The van der Waals surface area contributed by atoms with Crippen molar-refractivity contribution in [1.29, 1.82) is 0 Å². The van der Waals surface area contributed by atoms with Crippen molar-refractivity contribution in [2.45, 2.75) is 38.0 Å². The molecule has 6 heteroatoms. The van der Waals surface area contributed by atoms with Crippen LogP contribution in [-0.2, 0) is 9.84 Å². The number of sulfone groups is 1. The van der Waals surface area contributed by atoms with Crippen LogP contribution in [0.5, 0.6) is 0 Å². The normalized spacial score (nSPS) is 11.3. The van der Waals surface area contributed by atoms with E-state index in [2.05, 4.69) is 4.98 Å². The summed E-state index contributed by atoms with van der Waals surface area (Å²) in [5.74, 6) is -0.687. The smallest absolute Gasteiger partial charge is 0.178 e. The van der Waals surface area contributed by atoms with Crippen LogP contribution >= 0.6 is 0 Å². The third kappa shape index (κ3) is 5.06. The van der Waals surface area contributed by atoms with E-state index in [9.17, 15) is 18.0 Å². The molecule has 1 aromatic carbocycles. The molecule has 0 aliphatic carbocycles. The number of Topliss-reactive ketones (excluding diaryl/α,β-unsaturated/α-hetero) is 2. The van der Waals surface area contributed by atoms with E-state index in [0.29, 0.717) is 18.4 Å². The number of ketones is 2. The minimum atomic E-state index is -3.52. The van der Waals surface area contributed by atoms with Gasteiger partial charge in [-0.3, -0.25) is 14.6 Å². The molecule has 0 unspecified atom stereocenters. The number of pyridine rings is 1. The lowest BCUT2D eigenvalue weighted by molar-refractivity contribution is 0.0981. The summed E-state index contributed by atoms with van der Waals surface area (Å²) in [5, 5.41) is 0. The van der Waals surface area contributed by atoms with E-state index in [1.807, 2.05) is 13.8 Å². The predicted molar refractivity (Wildman–Crippen MR) is 95.7 cm³/mol. The third-order valence-electron chi connectivity index (χ3n) is 3.84. The van der Waals surface area contributed by atoms with Crippen molar-refractivity contribution < 1.29 is 18.0 Å². The SMILES string of the molecule is CCCC(=O)c1cncc(C(=O)CCS(=O)(=O)c2ccc(C)cc2)c1. The van der Waals surface area contributed by atoms with Gasteiger partial charge in [-0.15, -0.1) is 0 Å². The van der Waals surface area contributed by atoms with E-state index >= 15 is 0 Å². The first kappa shape index (κ1) is 19.0. The van der Waals surface area contributed by atoms with Gasteiger partial charge in [-0.25, -0.2) is 8.42 Å². The molecular formula is C19H21NO4S. The van der Waals surface area contributed by atoms with Gasteiger partial charge >= 0.3 is 0 Å². The standard InChI is InChI=1S/C19H21NO4S/c1-3-4-18(21)15-11-16(13-20-12-15)19(22)9-10-25(23,24)17-7-5-14(2)6-8-17/h5-8,11-13H,3-4,9-10H2,1-2H3. The van der Waals surface area contributed by atoms with Crippen molar-refractivity contribution >= 4 is 21.4 Å². The van der Waals surface area contributed by atoms with E-state index in [4.69, 9.17) is 0 Å². The Labute approximate surface area is 148 Å². The fourth-order valence-electron chi connectivity index (χ4n) is 2.35. The molecule has 1 aromatic heterocycles. The summed E-state index contributed by atoms with van der Waals surface area (Å²) >= 11 is 0. The van der Waals surface area contributed by atoms with E-state index < -0.39 is 9.84 Å². The number of hydrogen-bond donors (Lipinski definition) is 0. The molecule has 0 spiro atoms. The van der Waals surface area contributed by atoms with Crippen LogP contribution in [0, 0.1) is 6.92 Å². The topological polar surface area (TPSA) is 81.2 Å². The molecule has 0 saturated heterocycles. The molecule has 0 fully saturated rings. The average molecular weight is 359 g/mol. The summed E-state index contributed by atoms with van der Waals surface area (Å²) in [6.45, 7) is 3.77. The summed E-state index contributed by atoms with van der Waals surface area (Å²) in [5.41, 5.74) is 1.62.